The van der Waals surface area contributed by atoms with Crippen LogP contribution < -0.4 is 10.6 Å². The standard InChI is InChI=1S/C16H27N3O/c1-3-16(9-6-10-16)13-19-15(17-4-2)18-11-8-14-7-5-12-20-14/h5,7,12H,3-4,6,8-11,13H2,1-2H3,(H2,17,18,19). The van der Waals surface area contributed by atoms with E-state index in [1.165, 1.54) is 25.7 Å². The molecule has 1 aliphatic rings. The molecule has 2 N–H and O–H groups in total. The van der Waals surface area contributed by atoms with E-state index in [1.54, 1.807) is 6.26 Å². The third kappa shape index (κ3) is 4.02. The summed E-state index contributed by atoms with van der Waals surface area (Å²) in [5, 5.41) is 6.70. The Kier molecular flexibility index (Phi) is 5.50. The monoisotopic (exact) mass is 277 g/mol. The zero-order valence-corrected chi connectivity index (χ0v) is 12.7. The lowest BCUT2D eigenvalue weighted by Crippen LogP contribution is -2.40. The molecule has 0 aromatic carbocycles. The molecule has 20 heavy (non-hydrogen) atoms. The van der Waals surface area contributed by atoms with Crippen LogP contribution in [0.3, 0.4) is 0 Å². The number of hydrogen-bond donors (Lipinski definition) is 2. The smallest absolute Gasteiger partial charge is 0.191 e. The molecular formula is C16H27N3O. The summed E-state index contributed by atoms with van der Waals surface area (Å²) in [6, 6.07) is 3.93. The van der Waals surface area contributed by atoms with Crippen LogP contribution in [0.4, 0.5) is 0 Å². The van der Waals surface area contributed by atoms with Crippen molar-refractivity contribution in [1.29, 1.82) is 0 Å². The highest BCUT2D eigenvalue weighted by Gasteiger charge is 2.34. The minimum Gasteiger partial charge on any atom is -0.469 e. The summed E-state index contributed by atoms with van der Waals surface area (Å²) in [5.74, 6) is 1.94. The van der Waals surface area contributed by atoms with Gasteiger partial charge >= 0.3 is 0 Å². The van der Waals surface area contributed by atoms with Gasteiger partial charge in [-0.05, 0) is 43.7 Å². The molecule has 0 amide bonds. The molecular weight excluding hydrogens is 250 g/mol. The van der Waals surface area contributed by atoms with Gasteiger partial charge in [0, 0.05) is 26.1 Å². The van der Waals surface area contributed by atoms with Crippen LogP contribution in [-0.4, -0.2) is 25.6 Å². The Morgan fingerprint density at radius 1 is 1.35 bits per heavy atom. The second-order valence-electron chi connectivity index (χ2n) is 5.66. The maximum atomic E-state index is 5.33. The van der Waals surface area contributed by atoms with Gasteiger partial charge in [0.15, 0.2) is 5.96 Å². The fraction of sp³-hybridized carbons (Fsp3) is 0.688. The molecule has 0 atom stereocenters. The molecule has 0 aliphatic heterocycles. The van der Waals surface area contributed by atoms with Crippen LogP contribution >= 0.6 is 0 Å². The molecule has 112 valence electrons. The van der Waals surface area contributed by atoms with Gasteiger partial charge in [0.1, 0.15) is 5.76 Å². The van der Waals surface area contributed by atoms with E-state index in [0.29, 0.717) is 5.41 Å². The minimum atomic E-state index is 0.476. The van der Waals surface area contributed by atoms with Crippen molar-refractivity contribution < 1.29 is 4.42 Å². The summed E-state index contributed by atoms with van der Waals surface area (Å²) in [7, 11) is 0. The molecule has 4 nitrogen and oxygen atoms in total. The van der Waals surface area contributed by atoms with E-state index >= 15 is 0 Å². The zero-order valence-electron chi connectivity index (χ0n) is 12.7. The van der Waals surface area contributed by atoms with Gasteiger partial charge < -0.3 is 15.1 Å². The van der Waals surface area contributed by atoms with Crippen molar-refractivity contribution in [2.24, 2.45) is 10.4 Å². The first-order valence-electron chi connectivity index (χ1n) is 7.82. The highest BCUT2D eigenvalue weighted by Crippen LogP contribution is 2.43. The predicted molar refractivity (Wildman–Crippen MR) is 83.0 cm³/mol. The number of nitrogens with one attached hydrogen (secondary N) is 2. The first-order chi connectivity index (χ1) is 9.78. The van der Waals surface area contributed by atoms with Gasteiger partial charge in [-0.25, -0.2) is 0 Å². The van der Waals surface area contributed by atoms with Crippen LogP contribution in [0.15, 0.2) is 27.8 Å². The predicted octanol–water partition coefficient (Wildman–Crippen LogP) is 2.96. The Balaban J connectivity index is 1.79. The summed E-state index contributed by atoms with van der Waals surface area (Å²) in [6.07, 6.45) is 7.87. The van der Waals surface area contributed by atoms with E-state index < -0.39 is 0 Å². The average Bonchev–Trinajstić information content (AvgIpc) is 2.91. The summed E-state index contributed by atoms with van der Waals surface area (Å²) in [5.41, 5.74) is 0.476. The molecule has 0 spiro atoms. The van der Waals surface area contributed by atoms with Crippen LogP contribution in [0.5, 0.6) is 0 Å². The third-order valence-electron chi connectivity index (χ3n) is 4.32. The van der Waals surface area contributed by atoms with Crippen LogP contribution in [0.25, 0.3) is 0 Å². The first-order valence-corrected chi connectivity index (χ1v) is 7.82. The van der Waals surface area contributed by atoms with E-state index in [1.807, 2.05) is 12.1 Å². The number of furan rings is 1. The SMILES string of the molecule is CCNC(=NCC1(CC)CCC1)NCCc1ccco1. The summed E-state index contributed by atoms with van der Waals surface area (Å²) >= 11 is 0. The molecule has 0 radical (unpaired) electrons. The molecule has 1 aromatic heterocycles. The second kappa shape index (κ2) is 7.36. The van der Waals surface area contributed by atoms with E-state index in [0.717, 1.165) is 37.8 Å². The summed E-state index contributed by atoms with van der Waals surface area (Å²) in [6.45, 7) is 7.07. The van der Waals surface area contributed by atoms with Crippen LogP contribution in [0.2, 0.25) is 0 Å². The van der Waals surface area contributed by atoms with Crippen LogP contribution in [-0.2, 0) is 6.42 Å². The van der Waals surface area contributed by atoms with Crippen molar-refractivity contribution in [1.82, 2.24) is 10.6 Å². The van der Waals surface area contributed by atoms with E-state index in [4.69, 9.17) is 9.41 Å². The summed E-state index contributed by atoms with van der Waals surface area (Å²) < 4.78 is 5.33. The highest BCUT2D eigenvalue weighted by atomic mass is 16.3. The number of guanidine groups is 1. The van der Waals surface area contributed by atoms with E-state index in [9.17, 15) is 0 Å². The highest BCUT2D eigenvalue weighted by molar-refractivity contribution is 5.79. The fourth-order valence-corrected chi connectivity index (χ4v) is 2.65. The van der Waals surface area contributed by atoms with Crippen LogP contribution in [0.1, 0.15) is 45.3 Å². The van der Waals surface area contributed by atoms with Gasteiger partial charge in [-0.2, -0.15) is 0 Å². The average molecular weight is 277 g/mol. The lowest BCUT2D eigenvalue weighted by Gasteiger charge is -2.40. The molecule has 1 aliphatic carbocycles. The lowest BCUT2D eigenvalue weighted by atomic mass is 9.67. The van der Waals surface area contributed by atoms with Crippen molar-refractivity contribution in [2.75, 3.05) is 19.6 Å². The minimum absolute atomic E-state index is 0.476. The normalized spacial score (nSPS) is 17.6. The van der Waals surface area contributed by atoms with Gasteiger partial charge in [0.2, 0.25) is 0 Å². The molecule has 1 fully saturated rings. The largest absolute Gasteiger partial charge is 0.469 e. The molecule has 0 unspecified atom stereocenters. The maximum absolute atomic E-state index is 5.33. The van der Waals surface area contributed by atoms with Crippen molar-refractivity contribution >= 4 is 5.96 Å². The van der Waals surface area contributed by atoms with E-state index in [2.05, 4.69) is 24.5 Å². The fourth-order valence-electron chi connectivity index (χ4n) is 2.65. The molecule has 1 heterocycles. The molecule has 1 aromatic rings. The number of nitrogens with zero attached hydrogens (tertiary/aromatic N) is 1. The Bertz CT molecular complexity index is 402. The number of hydrogen-bond acceptors (Lipinski definition) is 2. The molecule has 2 rings (SSSR count). The van der Waals surface area contributed by atoms with Gasteiger partial charge in [-0.3, -0.25) is 4.99 Å². The third-order valence-corrected chi connectivity index (χ3v) is 4.32. The van der Waals surface area contributed by atoms with Gasteiger partial charge in [0.05, 0.1) is 6.26 Å². The Morgan fingerprint density at radius 3 is 2.75 bits per heavy atom. The number of rotatable bonds is 7. The summed E-state index contributed by atoms with van der Waals surface area (Å²) in [4.78, 5) is 4.76. The quantitative estimate of drug-likeness (QED) is 0.595. The first kappa shape index (κ1) is 14.9. The van der Waals surface area contributed by atoms with E-state index in [-0.39, 0.29) is 0 Å². The molecule has 4 heteroatoms. The van der Waals surface area contributed by atoms with Crippen molar-refractivity contribution in [3.8, 4) is 0 Å². The van der Waals surface area contributed by atoms with Gasteiger partial charge in [-0.1, -0.05) is 13.3 Å². The van der Waals surface area contributed by atoms with Gasteiger partial charge in [0.25, 0.3) is 0 Å². The Labute approximate surface area is 122 Å². The van der Waals surface area contributed by atoms with Crippen molar-refractivity contribution in [2.45, 2.75) is 46.0 Å². The van der Waals surface area contributed by atoms with Gasteiger partial charge in [-0.15, -0.1) is 0 Å². The Morgan fingerprint density at radius 2 is 2.20 bits per heavy atom. The topological polar surface area (TPSA) is 49.6 Å². The zero-order chi connectivity index (χ0) is 14.3. The Hall–Kier alpha value is -1.45. The number of aliphatic imine (C=N–C) groups is 1. The molecule has 0 bridgehead atoms. The van der Waals surface area contributed by atoms with Crippen LogP contribution in [0, 0.1) is 5.41 Å². The maximum Gasteiger partial charge on any atom is 0.191 e. The molecule has 1 saturated carbocycles. The van der Waals surface area contributed by atoms with Crippen molar-refractivity contribution in [3.63, 3.8) is 0 Å². The van der Waals surface area contributed by atoms with Crippen molar-refractivity contribution in [3.05, 3.63) is 24.2 Å². The molecule has 0 saturated heterocycles. The lowest BCUT2D eigenvalue weighted by molar-refractivity contribution is 0.139. The second-order valence-corrected chi connectivity index (χ2v) is 5.66.